The molecule has 2 fully saturated rings. The van der Waals surface area contributed by atoms with E-state index in [1.807, 2.05) is 6.07 Å². The number of benzene rings is 1. The normalized spacial score (nSPS) is 26.5. The summed E-state index contributed by atoms with van der Waals surface area (Å²) in [4.78, 5) is 12.9. The number of rotatable bonds is 6. The Morgan fingerprint density at radius 2 is 2.14 bits per heavy atom. The van der Waals surface area contributed by atoms with Crippen molar-refractivity contribution < 1.29 is 4.79 Å². The Morgan fingerprint density at radius 1 is 1.38 bits per heavy atom. The quantitative estimate of drug-likeness (QED) is 0.843. The van der Waals surface area contributed by atoms with Crippen LogP contribution in [0.4, 0.5) is 0 Å². The summed E-state index contributed by atoms with van der Waals surface area (Å²) in [5, 5.41) is 6.84. The zero-order valence-electron chi connectivity index (χ0n) is 12.9. The van der Waals surface area contributed by atoms with Gasteiger partial charge in [-0.25, -0.2) is 0 Å². The highest BCUT2D eigenvalue weighted by atomic mass is 16.2. The van der Waals surface area contributed by atoms with E-state index in [2.05, 4.69) is 41.8 Å². The fourth-order valence-corrected chi connectivity index (χ4v) is 3.60. The molecule has 0 radical (unpaired) electrons. The average molecular weight is 286 g/mol. The SMILES string of the molecule is CCCC1(C(=O)NC(c2ccccc2)C2CC2)CCCN1. The molecule has 1 saturated heterocycles. The molecule has 0 spiro atoms. The van der Waals surface area contributed by atoms with Gasteiger partial charge in [0.1, 0.15) is 0 Å². The van der Waals surface area contributed by atoms with Gasteiger partial charge in [0.2, 0.25) is 5.91 Å². The van der Waals surface area contributed by atoms with E-state index in [9.17, 15) is 4.79 Å². The van der Waals surface area contributed by atoms with Crippen LogP contribution in [0.25, 0.3) is 0 Å². The first-order valence-corrected chi connectivity index (χ1v) is 8.36. The summed E-state index contributed by atoms with van der Waals surface area (Å²) in [5.41, 5.74) is 0.925. The van der Waals surface area contributed by atoms with Gasteiger partial charge in [-0.15, -0.1) is 0 Å². The van der Waals surface area contributed by atoms with Crippen LogP contribution in [0.15, 0.2) is 30.3 Å². The second kappa shape index (κ2) is 6.18. The third-order valence-electron chi connectivity index (χ3n) is 4.89. The van der Waals surface area contributed by atoms with E-state index in [4.69, 9.17) is 0 Å². The Kier molecular flexibility index (Phi) is 4.29. The molecule has 1 aromatic carbocycles. The largest absolute Gasteiger partial charge is 0.347 e. The molecule has 3 heteroatoms. The third-order valence-corrected chi connectivity index (χ3v) is 4.89. The van der Waals surface area contributed by atoms with Crippen LogP contribution in [0.2, 0.25) is 0 Å². The van der Waals surface area contributed by atoms with Crippen LogP contribution >= 0.6 is 0 Å². The second-order valence-corrected chi connectivity index (χ2v) is 6.56. The zero-order chi connectivity index (χ0) is 14.7. The first-order valence-electron chi connectivity index (χ1n) is 8.36. The summed E-state index contributed by atoms with van der Waals surface area (Å²) in [6, 6.07) is 10.6. The van der Waals surface area contributed by atoms with Crippen LogP contribution in [0.1, 0.15) is 57.1 Å². The van der Waals surface area contributed by atoms with Gasteiger partial charge in [0.25, 0.3) is 0 Å². The van der Waals surface area contributed by atoms with Crippen LogP contribution in [0, 0.1) is 5.92 Å². The zero-order valence-corrected chi connectivity index (χ0v) is 12.9. The second-order valence-electron chi connectivity index (χ2n) is 6.56. The maximum absolute atomic E-state index is 12.9. The van der Waals surface area contributed by atoms with Gasteiger partial charge in [0.05, 0.1) is 11.6 Å². The number of nitrogens with one attached hydrogen (secondary N) is 2. The van der Waals surface area contributed by atoms with Gasteiger partial charge in [0.15, 0.2) is 0 Å². The van der Waals surface area contributed by atoms with E-state index in [-0.39, 0.29) is 17.5 Å². The van der Waals surface area contributed by atoms with Crippen LogP contribution in [0.5, 0.6) is 0 Å². The van der Waals surface area contributed by atoms with E-state index in [0.717, 1.165) is 32.2 Å². The summed E-state index contributed by atoms with van der Waals surface area (Å²) in [6.07, 6.45) is 6.51. The average Bonchev–Trinajstić information content (AvgIpc) is 3.24. The van der Waals surface area contributed by atoms with E-state index in [0.29, 0.717) is 5.92 Å². The predicted molar refractivity (Wildman–Crippen MR) is 84.9 cm³/mol. The van der Waals surface area contributed by atoms with Gasteiger partial charge in [0, 0.05) is 0 Å². The van der Waals surface area contributed by atoms with Crippen molar-refractivity contribution >= 4 is 5.91 Å². The molecule has 0 bridgehead atoms. The fraction of sp³-hybridized carbons (Fsp3) is 0.611. The van der Waals surface area contributed by atoms with Gasteiger partial charge in [-0.1, -0.05) is 43.7 Å². The number of amides is 1. The molecule has 2 atom stereocenters. The molecule has 1 aromatic rings. The molecule has 0 aromatic heterocycles. The lowest BCUT2D eigenvalue weighted by Gasteiger charge is -2.31. The highest BCUT2D eigenvalue weighted by Crippen LogP contribution is 2.41. The molecular formula is C18H26N2O. The predicted octanol–water partition coefficient (Wildman–Crippen LogP) is 3.18. The first kappa shape index (κ1) is 14.6. The number of carbonyl (C=O) groups is 1. The molecule has 2 unspecified atom stereocenters. The third kappa shape index (κ3) is 3.13. The Bertz CT molecular complexity index is 475. The van der Waals surface area contributed by atoms with Gasteiger partial charge in [-0.05, 0) is 50.1 Å². The minimum atomic E-state index is -0.323. The lowest BCUT2D eigenvalue weighted by atomic mass is 9.89. The van der Waals surface area contributed by atoms with Crippen molar-refractivity contribution in [1.82, 2.24) is 10.6 Å². The van der Waals surface area contributed by atoms with Gasteiger partial charge >= 0.3 is 0 Å². The Labute approximate surface area is 127 Å². The summed E-state index contributed by atoms with van der Waals surface area (Å²) in [7, 11) is 0. The molecule has 3 nitrogen and oxygen atoms in total. The Hall–Kier alpha value is -1.35. The van der Waals surface area contributed by atoms with Crippen LogP contribution in [-0.4, -0.2) is 18.0 Å². The summed E-state index contributed by atoms with van der Waals surface area (Å²) in [6.45, 7) is 3.12. The van der Waals surface area contributed by atoms with Crippen LogP contribution < -0.4 is 10.6 Å². The smallest absolute Gasteiger partial charge is 0.240 e. The fourth-order valence-electron chi connectivity index (χ4n) is 3.60. The molecule has 114 valence electrons. The molecule has 1 heterocycles. The molecule has 1 aliphatic heterocycles. The van der Waals surface area contributed by atoms with Crippen molar-refractivity contribution in [1.29, 1.82) is 0 Å². The van der Waals surface area contributed by atoms with Crippen molar-refractivity contribution in [3.8, 4) is 0 Å². The van der Waals surface area contributed by atoms with Crippen LogP contribution in [-0.2, 0) is 4.79 Å². The minimum absolute atomic E-state index is 0.190. The standard InChI is InChI=1S/C18H26N2O/c1-2-11-18(12-6-13-19-18)17(21)20-16(15-9-10-15)14-7-4-3-5-8-14/h3-5,7-8,15-16,19H,2,6,9-13H2,1H3,(H,20,21). The summed E-state index contributed by atoms with van der Waals surface area (Å²) < 4.78 is 0. The van der Waals surface area contributed by atoms with Crippen molar-refractivity contribution in [3.05, 3.63) is 35.9 Å². The van der Waals surface area contributed by atoms with E-state index in [1.165, 1.54) is 18.4 Å². The topological polar surface area (TPSA) is 41.1 Å². The Balaban J connectivity index is 1.75. The van der Waals surface area contributed by atoms with Crippen molar-refractivity contribution in [2.45, 2.75) is 57.0 Å². The van der Waals surface area contributed by atoms with Crippen LogP contribution in [0.3, 0.4) is 0 Å². The minimum Gasteiger partial charge on any atom is -0.347 e. The van der Waals surface area contributed by atoms with Crippen molar-refractivity contribution in [3.63, 3.8) is 0 Å². The monoisotopic (exact) mass is 286 g/mol. The summed E-state index contributed by atoms with van der Waals surface area (Å²) in [5.74, 6) is 0.832. The van der Waals surface area contributed by atoms with E-state index >= 15 is 0 Å². The number of carbonyl (C=O) groups excluding carboxylic acids is 1. The first-order chi connectivity index (χ1) is 10.2. The molecular weight excluding hydrogens is 260 g/mol. The van der Waals surface area contributed by atoms with E-state index in [1.54, 1.807) is 0 Å². The van der Waals surface area contributed by atoms with Crippen molar-refractivity contribution in [2.24, 2.45) is 5.92 Å². The number of hydrogen-bond donors (Lipinski definition) is 2. The molecule has 1 saturated carbocycles. The molecule has 3 rings (SSSR count). The highest BCUT2D eigenvalue weighted by Gasteiger charge is 2.42. The number of hydrogen-bond acceptors (Lipinski definition) is 2. The molecule has 2 aliphatic rings. The van der Waals surface area contributed by atoms with Gasteiger partial charge in [-0.3, -0.25) is 4.79 Å². The maximum atomic E-state index is 12.9. The van der Waals surface area contributed by atoms with Gasteiger partial charge in [-0.2, -0.15) is 0 Å². The Morgan fingerprint density at radius 3 is 2.71 bits per heavy atom. The molecule has 1 aliphatic carbocycles. The lowest BCUT2D eigenvalue weighted by molar-refractivity contribution is -0.128. The summed E-state index contributed by atoms with van der Waals surface area (Å²) >= 11 is 0. The van der Waals surface area contributed by atoms with Crippen molar-refractivity contribution in [2.75, 3.05) is 6.54 Å². The maximum Gasteiger partial charge on any atom is 0.240 e. The molecule has 21 heavy (non-hydrogen) atoms. The highest BCUT2D eigenvalue weighted by molar-refractivity contribution is 5.87. The lowest BCUT2D eigenvalue weighted by Crippen LogP contribution is -2.54. The molecule has 2 N–H and O–H groups in total. The molecule has 1 amide bonds. The van der Waals surface area contributed by atoms with E-state index < -0.39 is 0 Å². The van der Waals surface area contributed by atoms with Gasteiger partial charge < -0.3 is 10.6 Å².